The van der Waals surface area contributed by atoms with Crippen molar-refractivity contribution in [3.05, 3.63) is 33.9 Å². The van der Waals surface area contributed by atoms with Crippen molar-refractivity contribution in [1.82, 2.24) is 0 Å². The number of benzene rings is 1. The summed E-state index contributed by atoms with van der Waals surface area (Å²) in [5.74, 6) is 4.36. The molecule has 132 valence electrons. The van der Waals surface area contributed by atoms with Gasteiger partial charge in [0.2, 0.25) is 0 Å². The van der Waals surface area contributed by atoms with Gasteiger partial charge in [-0.05, 0) is 74.5 Å². The largest absolute Gasteiger partial charge is 0.493 e. The maximum atomic E-state index is 5.87. The van der Waals surface area contributed by atoms with Gasteiger partial charge in [0, 0.05) is 11.5 Å². The van der Waals surface area contributed by atoms with Crippen molar-refractivity contribution in [2.45, 2.75) is 71.6 Å². The third kappa shape index (κ3) is 2.55. The van der Waals surface area contributed by atoms with Gasteiger partial charge in [-0.1, -0.05) is 25.5 Å². The minimum atomic E-state index is 0.500. The summed E-state index contributed by atoms with van der Waals surface area (Å²) in [5, 5.41) is 0. The molecule has 0 aliphatic heterocycles. The van der Waals surface area contributed by atoms with Gasteiger partial charge in [-0.25, -0.2) is 0 Å². The second-order valence-electron chi connectivity index (χ2n) is 8.08. The van der Waals surface area contributed by atoms with Gasteiger partial charge in [0.15, 0.2) is 11.5 Å². The zero-order chi connectivity index (χ0) is 17.6. The Hall–Kier alpha value is -1.44. The molecular formula is C22H32O2. The van der Waals surface area contributed by atoms with Crippen molar-refractivity contribution >= 4 is 0 Å². The predicted molar refractivity (Wildman–Crippen MR) is 101 cm³/mol. The summed E-state index contributed by atoms with van der Waals surface area (Å²) in [5.41, 5.74) is 7.22. The van der Waals surface area contributed by atoms with E-state index in [0.29, 0.717) is 17.8 Å². The van der Waals surface area contributed by atoms with Gasteiger partial charge in [0.25, 0.3) is 0 Å². The van der Waals surface area contributed by atoms with Gasteiger partial charge in [0.05, 0.1) is 14.2 Å². The molecule has 1 aromatic rings. The summed E-state index contributed by atoms with van der Waals surface area (Å²) in [6.07, 6.45) is 6.25. The minimum Gasteiger partial charge on any atom is -0.493 e. The molecule has 1 unspecified atom stereocenters. The summed E-state index contributed by atoms with van der Waals surface area (Å²) in [6.45, 7) is 11.4. The van der Waals surface area contributed by atoms with Crippen molar-refractivity contribution < 1.29 is 9.47 Å². The van der Waals surface area contributed by atoms with E-state index in [4.69, 9.17) is 9.47 Å². The average molecular weight is 328 g/mol. The van der Waals surface area contributed by atoms with E-state index < -0.39 is 0 Å². The monoisotopic (exact) mass is 328 g/mol. The third-order valence-electron chi connectivity index (χ3n) is 6.18. The summed E-state index contributed by atoms with van der Waals surface area (Å²) in [6, 6.07) is 0. The first-order valence-corrected chi connectivity index (χ1v) is 9.33. The Bertz CT molecular complexity index is 667. The SMILES string of the molecule is COc1c(C)c2c3c(c1OC)[C@@H](C)CC[C@@H]3[C@@H](C)CC2C=C(C)C. The highest BCUT2D eigenvalue weighted by Gasteiger charge is 2.41. The molecule has 3 rings (SSSR count). The molecular weight excluding hydrogens is 296 g/mol. The van der Waals surface area contributed by atoms with Crippen molar-refractivity contribution in [2.75, 3.05) is 14.2 Å². The number of methoxy groups -OCH3 is 2. The van der Waals surface area contributed by atoms with E-state index in [1.165, 1.54) is 41.5 Å². The maximum Gasteiger partial charge on any atom is 0.164 e. The predicted octanol–water partition coefficient (Wildman–Crippen LogP) is 6.08. The molecule has 0 saturated heterocycles. The maximum absolute atomic E-state index is 5.87. The highest BCUT2D eigenvalue weighted by molar-refractivity contribution is 5.64. The molecule has 0 amide bonds. The first-order chi connectivity index (χ1) is 11.4. The van der Waals surface area contributed by atoms with E-state index in [9.17, 15) is 0 Å². The lowest BCUT2D eigenvalue weighted by atomic mass is 9.62. The lowest BCUT2D eigenvalue weighted by Crippen LogP contribution is -2.28. The normalized spacial score (nSPS) is 28.1. The van der Waals surface area contributed by atoms with Gasteiger partial charge >= 0.3 is 0 Å². The Morgan fingerprint density at radius 1 is 0.958 bits per heavy atom. The molecule has 0 radical (unpaired) electrons. The van der Waals surface area contributed by atoms with Crippen molar-refractivity contribution in [2.24, 2.45) is 5.92 Å². The van der Waals surface area contributed by atoms with E-state index in [1.807, 2.05) is 0 Å². The molecule has 2 aliphatic rings. The van der Waals surface area contributed by atoms with Crippen LogP contribution in [0.25, 0.3) is 0 Å². The van der Waals surface area contributed by atoms with Crippen LogP contribution in [0.1, 0.15) is 87.0 Å². The Balaban J connectivity index is 2.37. The smallest absolute Gasteiger partial charge is 0.164 e. The molecule has 2 heteroatoms. The number of allylic oxidation sites excluding steroid dienone is 2. The van der Waals surface area contributed by atoms with Crippen molar-refractivity contribution in [3.8, 4) is 11.5 Å². The topological polar surface area (TPSA) is 18.5 Å². The average Bonchev–Trinajstić information content (AvgIpc) is 2.52. The van der Waals surface area contributed by atoms with Crippen LogP contribution in [0.5, 0.6) is 11.5 Å². The number of rotatable bonds is 3. The molecule has 2 nitrogen and oxygen atoms in total. The standard InChI is InChI=1S/C22H32O2/c1-12(2)10-16-11-14(4)17-9-8-13(3)18-20(17)19(16)15(5)21(23-6)22(18)24-7/h10,13-14,16-17H,8-9,11H2,1-7H3/t13-,14-,16?,17+/m0/s1. The van der Waals surface area contributed by atoms with Crippen LogP contribution in [0.2, 0.25) is 0 Å². The second kappa shape index (κ2) is 6.46. The van der Waals surface area contributed by atoms with Crippen LogP contribution >= 0.6 is 0 Å². The van der Waals surface area contributed by atoms with Crippen molar-refractivity contribution in [1.29, 1.82) is 0 Å². The molecule has 0 spiro atoms. The third-order valence-corrected chi connectivity index (χ3v) is 6.18. The molecule has 0 aromatic heterocycles. The molecule has 1 aromatic carbocycles. The Morgan fingerprint density at radius 2 is 1.62 bits per heavy atom. The summed E-state index contributed by atoms with van der Waals surface area (Å²) in [4.78, 5) is 0. The van der Waals surface area contributed by atoms with Crippen molar-refractivity contribution in [3.63, 3.8) is 0 Å². The van der Waals surface area contributed by atoms with Crippen LogP contribution in [-0.2, 0) is 0 Å². The summed E-state index contributed by atoms with van der Waals surface area (Å²) < 4.78 is 11.7. The lowest BCUT2D eigenvalue weighted by molar-refractivity contribution is 0.308. The van der Waals surface area contributed by atoms with Crippen LogP contribution in [0.15, 0.2) is 11.6 Å². The van der Waals surface area contributed by atoms with Gasteiger partial charge in [0.1, 0.15) is 0 Å². The molecule has 2 aliphatic carbocycles. The van der Waals surface area contributed by atoms with E-state index >= 15 is 0 Å². The fourth-order valence-electron chi connectivity index (χ4n) is 5.22. The fraction of sp³-hybridized carbons (Fsp3) is 0.636. The van der Waals surface area contributed by atoms with E-state index in [-0.39, 0.29) is 0 Å². The molecule has 24 heavy (non-hydrogen) atoms. The van der Waals surface area contributed by atoms with Crippen LogP contribution in [0, 0.1) is 12.8 Å². The Morgan fingerprint density at radius 3 is 2.21 bits per heavy atom. The zero-order valence-corrected chi connectivity index (χ0v) is 16.3. The van der Waals surface area contributed by atoms with E-state index in [2.05, 4.69) is 40.7 Å². The minimum absolute atomic E-state index is 0.500. The van der Waals surface area contributed by atoms with Crippen LogP contribution in [0.3, 0.4) is 0 Å². The molecule has 0 fully saturated rings. The number of hydrogen-bond donors (Lipinski definition) is 0. The summed E-state index contributed by atoms with van der Waals surface area (Å²) >= 11 is 0. The molecule has 0 N–H and O–H groups in total. The zero-order valence-electron chi connectivity index (χ0n) is 16.3. The Labute approximate surface area is 147 Å². The van der Waals surface area contributed by atoms with Gasteiger partial charge in [-0.15, -0.1) is 0 Å². The number of ether oxygens (including phenoxy) is 2. The molecule has 0 bridgehead atoms. The molecule has 4 atom stereocenters. The first kappa shape index (κ1) is 17.4. The van der Waals surface area contributed by atoms with Crippen LogP contribution in [-0.4, -0.2) is 14.2 Å². The molecule has 0 heterocycles. The quantitative estimate of drug-likeness (QED) is 0.626. The highest BCUT2D eigenvalue weighted by atomic mass is 16.5. The van der Waals surface area contributed by atoms with E-state index in [0.717, 1.165) is 17.4 Å². The highest BCUT2D eigenvalue weighted by Crippen LogP contribution is 2.58. The van der Waals surface area contributed by atoms with Gasteiger partial charge < -0.3 is 9.47 Å². The summed E-state index contributed by atoms with van der Waals surface area (Å²) in [7, 11) is 3.56. The van der Waals surface area contributed by atoms with E-state index in [1.54, 1.807) is 19.8 Å². The fourth-order valence-corrected chi connectivity index (χ4v) is 5.22. The Kier molecular flexibility index (Phi) is 4.68. The molecule has 0 saturated carbocycles. The first-order valence-electron chi connectivity index (χ1n) is 9.33. The second-order valence-corrected chi connectivity index (χ2v) is 8.08. The van der Waals surface area contributed by atoms with Crippen LogP contribution in [0.4, 0.5) is 0 Å². The number of hydrogen-bond acceptors (Lipinski definition) is 2. The van der Waals surface area contributed by atoms with Gasteiger partial charge in [-0.2, -0.15) is 0 Å². The van der Waals surface area contributed by atoms with Gasteiger partial charge in [-0.3, -0.25) is 0 Å². The lowest BCUT2D eigenvalue weighted by Gasteiger charge is -2.43. The van der Waals surface area contributed by atoms with Crippen LogP contribution < -0.4 is 9.47 Å².